The third kappa shape index (κ3) is 3.44. The van der Waals surface area contributed by atoms with Gasteiger partial charge in [-0.15, -0.1) is 0 Å². The van der Waals surface area contributed by atoms with E-state index >= 15 is 0 Å². The van der Waals surface area contributed by atoms with E-state index in [2.05, 4.69) is 16.6 Å². The maximum Gasteiger partial charge on any atom is 0.341 e. The molecule has 0 unspecified atom stereocenters. The molecule has 0 radical (unpaired) electrons. The smallest absolute Gasteiger partial charge is 0.341 e. The van der Waals surface area contributed by atoms with Gasteiger partial charge in [0.25, 0.3) is 0 Å². The highest BCUT2D eigenvalue weighted by atomic mass is 16.5. The second-order valence-electron chi connectivity index (χ2n) is 6.63. The molecular weight excluding hydrogens is 340 g/mol. The molecule has 1 aromatic heterocycles. The topological polar surface area (TPSA) is 82.2 Å². The Morgan fingerprint density at radius 1 is 1.22 bits per heavy atom. The first kappa shape index (κ1) is 17.3. The zero-order valence-corrected chi connectivity index (χ0v) is 15.2. The molecule has 0 spiro atoms. The van der Waals surface area contributed by atoms with Crippen molar-refractivity contribution in [2.75, 3.05) is 12.0 Å². The molecule has 3 aromatic rings. The van der Waals surface area contributed by atoms with Crippen LogP contribution in [0, 0.1) is 0 Å². The van der Waals surface area contributed by atoms with Gasteiger partial charge >= 0.3 is 5.97 Å². The van der Waals surface area contributed by atoms with Gasteiger partial charge in [-0.05, 0) is 55.2 Å². The lowest BCUT2D eigenvalue weighted by Crippen LogP contribution is -2.09. The number of nitrogen functional groups attached to an aromatic ring is 1. The summed E-state index contributed by atoms with van der Waals surface area (Å²) in [6, 6.07) is 16.0. The normalized spacial score (nSPS) is 13.4. The lowest BCUT2D eigenvalue weighted by Gasteiger charge is -2.11. The fraction of sp³-hybridized carbons (Fsp3) is 0.238. The van der Waals surface area contributed by atoms with E-state index in [1.807, 2.05) is 54.1 Å². The number of nitrogens with two attached hydrogens (primary N) is 1. The minimum atomic E-state index is -0.302. The molecule has 6 nitrogen and oxygen atoms in total. The Morgan fingerprint density at radius 3 is 2.67 bits per heavy atom. The van der Waals surface area contributed by atoms with E-state index in [0.717, 1.165) is 41.0 Å². The van der Waals surface area contributed by atoms with Crippen molar-refractivity contribution >= 4 is 11.7 Å². The molecule has 1 aliphatic carbocycles. The minimum absolute atomic E-state index is 0.302. The molecule has 4 rings (SSSR count). The Hall–Kier alpha value is -3.12. The lowest BCUT2D eigenvalue weighted by molar-refractivity contribution is 0.0525. The average molecular weight is 362 g/mol. The molecule has 0 atom stereocenters. The van der Waals surface area contributed by atoms with Crippen molar-refractivity contribution in [1.82, 2.24) is 9.78 Å². The summed E-state index contributed by atoms with van der Waals surface area (Å²) in [5, 5.41) is 4.50. The number of carbonyl (C=O) groups excluding carboxylic acids is 1. The van der Waals surface area contributed by atoms with E-state index in [4.69, 9.17) is 10.6 Å². The molecule has 6 heteroatoms. The van der Waals surface area contributed by atoms with Crippen LogP contribution in [0.15, 0.2) is 54.7 Å². The number of hydrogen-bond donors (Lipinski definition) is 2. The van der Waals surface area contributed by atoms with Gasteiger partial charge in [0.05, 0.1) is 24.2 Å². The van der Waals surface area contributed by atoms with Gasteiger partial charge in [0, 0.05) is 11.6 Å². The summed E-state index contributed by atoms with van der Waals surface area (Å²) in [7, 11) is 0. The monoisotopic (exact) mass is 362 g/mol. The van der Waals surface area contributed by atoms with Crippen LogP contribution in [0.2, 0.25) is 0 Å². The van der Waals surface area contributed by atoms with Crippen molar-refractivity contribution in [1.29, 1.82) is 0 Å². The molecule has 2 aromatic carbocycles. The summed E-state index contributed by atoms with van der Waals surface area (Å²) >= 11 is 0. The number of anilines is 1. The van der Waals surface area contributed by atoms with E-state index < -0.39 is 0 Å². The van der Waals surface area contributed by atoms with E-state index in [0.29, 0.717) is 18.1 Å². The number of nitrogens with one attached hydrogen (secondary N) is 1. The Kier molecular flexibility index (Phi) is 4.64. The number of ether oxygens (including phenoxy) is 1. The van der Waals surface area contributed by atoms with Gasteiger partial charge in [-0.2, -0.15) is 5.10 Å². The molecule has 0 bridgehead atoms. The number of hydrazine groups is 1. The second kappa shape index (κ2) is 7.25. The van der Waals surface area contributed by atoms with Crippen molar-refractivity contribution in [3.05, 3.63) is 66.0 Å². The standard InChI is InChI=1S/C21H22N4O2/c1-2-27-21(26)19-13-23-25(20(19)14-9-10-14)18-8-4-6-16(12-18)15-5-3-7-17(11-15)24-22/h3-8,11-14,24H,2,9-10,22H2,1H3. The van der Waals surface area contributed by atoms with E-state index in [9.17, 15) is 4.79 Å². The predicted octanol–water partition coefficient (Wildman–Crippen LogP) is 3.88. The van der Waals surface area contributed by atoms with Gasteiger partial charge in [-0.25, -0.2) is 9.48 Å². The maximum absolute atomic E-state index is 12.3. The van der Waals surface area contributed by atoms with Crippen LogP contribution in [0.1, 0.15) is 41.7 Å². The van der Waals surface area contributed by atoms with Gasteiger partial charge in [0.15, 0.2) is 0 Å². The summed E-state index contributed by atoms with van der Waals surface area (Å²) in [6.45, 7) is 2.17. The quantitative estimate of drug-likeness (QED) is 0.395. The number of aromatic nitrogens is 2. The SMILES string of the molecule is CCOC(=O)c1cnn(-c2cccc(-c3cccc(NN)c3)c2)c1C1CC1. The fourth-order valence-corrected chi connectivity index (χ4v) is 3.29. The average Bonchev–Trinajstić information content (AvgIpc) is 3.46. The van der Waals surface area contributed by atoms with Gasteiger partial charge in [0.2, 0.25) is 0 Å². The minimum Gasteiger partial charge on any atom is -0.462 e. The first-order valence-electron chi connectivity index (χ1n) is 9.13. The highest BCUT2D eigenvalue weighted by molar-refractivity contribution is 5.91. The van der Waals surface area contributed by atoms with Crippen LogP contribution >= 0.6 is 0 Å². The number of nitrogens with zero attached hydrogens (tertiary/aromatic N) is 2. The van der Waals surface area contributed by atoms with Crippen molar-refractivity contribution in [2.45, 2.75) is 25.7 Å². The Morgan fingerprint density at radius 2 is 1.96 bits per heavy atom. The van der Waals surface area contributed by atoms with E-state index in [-0.39, 0.29) is 5.97 Å². The Labute approximate surface area is 157 Å². The molecule has 0 amide bonds. The molecule has 1 aliphatic rings. The molecule has 0 saturated heterocycles. The van der Waals surface area contributed by atoms with Crippen LogP contribution < -0.4 is 11.3 Å². The van der Waals surface area contributed by atoms with Crippen LogP contribution in [0.4, 0.5) is 5.69 Å². The van der Waals surface area contributed by atoms with Crippen LogP contribution in [0.25, 0.3) is 16.8 Å². The highest BCUT2D eigenvalue weighted by Gasteiger charge is 2.33. The first-order chi connectivity index (χ1) is 13.2. The zero-order chi connectivity index (χ0) is 18.8. The van der Waals surface area contributed by atoms with Crippen molar-refractivity contribution in [3.8, 4) is 16.8 Å². The molecule has 27 heavy (non-hydrogen) atoms. The molecule has 3 N–H and O–H groups in total. The van der Waals surface area contributed by atoms with Gasteiger partial charge < -0.3 is 10.2 Å². The number of rotatable bonds is 6. The van der Waals surface area contributed by atoms with E-state index in [1.54, 1.807) is 6.20 Å². The molecule has 1 fully saturated rings. The second-order valence-corrected chi connectivity index (χ2v) is 6.63. The predicted molar refractivity (Wildman–Crippen MR) is 105 cm³/mol. The van der Waals surface area contributed by atoms with Crippen molar-refractivity contribution < 1.29 is 9.53 Å². The molecule has 1 heterocycles. The molecule has 138 valence electrons. The maximum atomic E-state index is 12.3. The summed E-state index contributed by atoms with van der Waals surface area (Å²) in [5.74, 6) is 5.58. The molecule has 0 aliphatic heterocycles. The van der Waals surface area contributed by atoms with Gasteiger partial charge in [0.1, 0.15) is 5.56 Å². The Balaban J connectivity index is 1.75. The van der Waals surface area contributed by atoms with Gasteiger partial charge in [-0.3, -0.25) is 5.84 Å². The Bertz CT molecular complexity index is 976. The first-order valence-corrected chi connectivity index (χ1v) is 9.13. The zero-order valence-electron chi connectivity index (χ0n) is 15.2. The number of carbonyl (C=O) groups is 1. The van der Waals surface area contributed by atoms with Crippen LogP contribution in [0.3, 0.4) is 0 Å². The number of hydrogen-bond acceptors (Lipinski definition) is 5. The highest BCUT2D eigenvalue weighted by Crippen LogP contribution is 2.42. The van der Waals surface area contributed by atoms with Crippen LogP contribution in [-0.4, -0.2) is 22.4 Å². The number of esters is 1. The van der Waals surface area contributed by atoms with Crippen molar-refractivity contribution in [3.63, 3.8) is 0 Å². The largest absolute Gasteiger partial charge is 0.462 e. The third-order valence-corrected chi connectivity index (χ3v) is 4.72. The molecular formula is C21H22N4O2. The van der Waals surface area contributed by atoms with Crippen LogP contribution in [0.5, 0.6) is 0 Å². The summed E-state index contributed by atoms with van der Waals surface area (Å²) in [6.07, 6.45) is 3.77. The van der Waals surface area contributed by atoms with Crippen LogP contribution in [-0.2, 0) is 4.74 Å². The summed E-state index contributed by atoms with van der Waals surface area (Å²) in [5.41, 5.74) is 8.07. The lowest BCUT2D eigenvalue weighted by atomic mass is 10.0. The summed E-state index contributed by atoms with van der Waals surface area (Å²) < 4.78 is 7.08. The van der Waals surface area contributed by atoms with Gasteiger partial charge in [-0.1, -0.05) is 24.3 Å². The molecule has 1 saturated carbocycles. The van der Waals surface area contributed by atoms with E-state index in [1.165, 1.54) is 0 Å². The summed E-state index contributed by atoms with van der Waals surface area (Å²) in [4.78, 5) is 12.3. The number of benzene rings is 2. The fourth-order valence-electron chi connectivity index (χ4n) is 3.29. The van der Waals surface area contributed by atoms with Crippen molar-refractivity contribution in [2.24, 2.45) is 5.84 Å². The third-order valence-electron chi connectivity index (χ3n) is 4.72.